The molecule has 0 aromatic carbocycles. The smallest absolute Gasteiger partial charge is 0.157 e. The van der Waals surface area contributed by atoms with E-state index in [0.29, 0.717) is 13.0 Å². The normalized spacial score (nSPS) is 14.1. The molecule has 0 amide bonds. The van der Waals surface area contributed by atoms with Crippen LogP contribution in [0.15, 0.2) is 15.9 Å². The molecule has 3 nitrogen and oxygen atoms in total. The van der Waals surface area contributed by atoms with E-state index in [1.807, 2.05) is 11.4 Å². The first-order valence-electron chi connectivity index (χ1n) is 4.60. The second-order valence-electron chi connectivity index (χ2n) is 3.43. The summed E-state index contributed by atoms with van der Waals surface area (Å²) in [4.78, 5) is 0.866. The van der Waals surface area contributed by atoms with E-state index in [2.05, 4.69) is 15.9 Å². The van der Waals surface area contributed by atoms with Gasteiger partial charge in [0.05, 0.1) is 11.0 Å². The van der Waals surface area contributed by atoms with Gasteiger partial charge >= 0.3 is 0 Å². The summed E-state index contributed by atoms with van der Waals surface area (Å²) in [7, 11) is -3.05. The summed E-state index contributed by atoms with van der Waals surface area (Å²) in [5, 5.41) is 1.53. The Labute approximate surface area is 103 Å². The van der Waals surface area contributed by atoms with Gasteiger partial charge in [-0.3, -0.25) is 0 Å². The number of nitrogens with two attached hydrogens (primary N) is 1. The molecular formula is C9H14BrNO2S2. The maximum atomic E-state index is 11.8. The first kappa shape index (κ1) is 13.2. The largest absolute Gasteiger partial charge is 0.330 e. The van der Waals surface area contributed by atoms with E-state index in [0.717, 1.165) is 9.35 Å². The molecule has 6 heteroatoms. The molecule has 1 rings (SSSR count). The van der Waals surface area contributed by atoms with Crippen molar-refractivity contribution in [3.8, 4) is 0 Å². The third-order valence-electron chi connectivity index (χ3n) is 2.15. The molecule has 1 atom stereocenters. The van der Waals surface area contributed by atoms with Crippen LogP contribution in [0, 0.1) is 0 Å². The lowest BCUT2D eigenvalue weighted by Crippen LogP contribution is -2.22. The molecule has 1 aromatic heterocycles. The minimum absolute atomic E-state index is 0.116. The fraction of sp³-hybridized carbons (Fsp3) is 0.556. The molecule has 0 aliphatic heterocycles. The van der Waals surface area contributed by atoms with Crippen molar-refractivity contribution < 1.29 is 8.42 Å². The molecule has 0 aliphatic rings. The van der Waals surface area contributed by atoms with Crippen molar-refractivity contribution in [2.24, 2.45) is 5.73 Å². The van der Waals surface area contributed by atoms with Gasteiger partial charge in [0.15, 0.2) is 9.84 Å². The summed E-state index contributed by atoms with van der Waals surface area (Å²) in [6, 6.07) is 1.84. The zero-order chi connectivity index (χ0) is 11.5. The summed E-state index contributed by atoms with van der Waals surface area (Å²) in [5.41, 5.74) is 5.35. The molecule has 15 heavy (non-hydrogen) atoms. The summed E-state index contributed by atoms with van der Waals surface area (Å²) in [6.07, 6.45) is 0.523. The van der Waals surface area contributed by atoms with Crippen LogP contribution in [0.25, 0.3) is 0 Å². The standard InChI is InChI=1S/C9H14BrNO2S2/c1-7(2-3-11)15(12,13)6-9-4-8(10)5-14-9/h4-5,7H,2-3,6,11H2,1H3. The van der Waals surface area contributed by atoms with Crippen molar-refractivity contribution in [2.45, 2.75) is 24.3 Å². The molecule has 0 radical (unpaired) electrons. The first-order chi connectivity index (χ1) is 6.95. The lowest BCUT2D eigenvalue weighted by atomic mass is 10.3. The molecule has 0 fully saturated rings. The van der Waals surface area contributed by atoms with E-state index in [1.165, 1.54) is 11.3 Å². The van der Waals surface area contributed by atoms with E-state index < -0.39 is 9.84 Å². The van der Waals surface area contributed by atoms with Gasteiger partial charge in [-0.25, -0.2) is 8.42 Å². The van der Waals surface area contributed by atoms with Crippen LogP contribution in [0.2, 0.25) is 0 Å². The van der Waals surface area contributed by atoms with Crippen molar-refractivity contribution in [3.05, 3.63) is 20.8 Å². The third kappa shape index (κ3) is 3.86. The fourth-order valence-electron chi connectivity index (χ4n) is 1.18. The average molecular weight is 312 g/mol. The maximum absolute atomic E-state index is 11.8. The Hall–Kier alpha value is 0.0900. The Kier molecular flexibility index (Phi) is 4.76. The topological polar surface area (TPSA) is 60.2 Å². The highest BCUT2D eigenvalue weighted by Gasteiger charge is 2.21. The molecule has 0 aliphatic carbocycles. The molecular weight excluding hydrogens is 298 g/mol. The lowest BCUT2D eigenvalue weighted by molar-refractivity contribution is 0.578. The summed E-state index contributed by atoms with van der Waals surface area (Å²) in [6.45, 7) is 2.12. The van der Waals surface area contributed by atoms with Crippen molar-refractivity contribution in [1.29, 1.82) is 0 Å². The summed E-state index contributed by atoms with van der Waals surface area (Å²) >= 11 is 4.76. The number of thiophene rings is 1. The number of hydrogen-bond donors (Lipinski definition) is 1. The predicted octanol–water partition coefficient (Wildman–Crippen LogP) is 2.16. The Morgan fingerprint density at radius 3 is 2.73 bits per heavy atom. The maximum Gasteiger partial charge on any atom is 0.157 e. The van der Waals surface area contributed by atoms with Gasteiger partial charge in [-0.1, -0.05) is 0 Å². The third-order valence-corrected chi connectivity index (χ3v) is 6.21. The second kappa shape index (κ2) is 5.43. The van der Waals surface area contributed by atoms with E-state index in [1.54, 1.807) is 6.92 Å². The first-order valence-corrected chi connectivity index (χ1v) is 7.99. The molecule has 1 heterocycles. The van der Waals surface area contributed by atoms with Gasteiger partial charge in [0.25, 0.3) is 0 Å². The van der Waals surface area contributed by atoms with Crippen LogP contribution in [0.4, 0.5) is 0 Å². The average Bonchev–Trinajstić information content (AvgIpc) is 2.50. The molecule has 1 aromatic rings. The Balaban J connectivity index is 2.72. The SMILES string of the molecule is CC(CCN)S(=O)(=O)Cc1cc(Br)cs1. The van der Waals surface area contributed by atoms with E-state index in [4.69, 9.17) is 5.73 Å². The molecule has 0 bridgehead atoms. The van der Waals surface area contributed by atoms with Crippen LogP contribution in [0.3, 0.4) is 0 Å². The highest BCUT2D eigenvalue weighted by molar-refractivity contribution is 9.10. The summed E-state index contributed by atoms with van der Waals surface area (Å²) in [5.74, 6) is 0.116. The molecule has 0 spiro atoms. The van der Waals surface area contributed by atoms with Crippen LogP contribution in [-0.4, -0.2) is 20.2 Å². The molecule has 0 saturated heterocycles. The van der Waals surface area contributed by atoms with Gasteiger partial charge < -0.3 is 5.73 Å². The van der Waals surface area contributed by atoms with Crippen LogP contribution < -0.4 is 5.73 Å². The zero-order valence-electron chi connectivity index (χ0n) is 8.44. The lowest BCUT2D eigenvalue weighted by Gasteiger charge is -2.10. The number of halogens is 1. The number of hydrogen-bond acceptors (Lipinski definition) is 4. The van der Waals surface area contributed by atoms with E-state index in [9.17, 15) is 8.42 Å². The van der Waals surface area contributed by atoms with Crippen molar-refractivity contribution >= 4 is 37.1 Å². The highest BCUT2D eigenvalue weighted by Crippen LogP contribution is 2.23. The Morgan fingerprint density at radius 1 is 1.60 bits per heavy atom. The van der Waals surface area contributed by atoms with E-state index in [-0.39, 0.29) is 11.0 Å². The van der Waals surface area contributed by atoms with Crippen molar-refractivity contribution in [3.63, 3.8) is 0 Å². The molecule has 86 valence electrons. The van der Waals surface area contributed by atoms with Crippen LogP contribution >= 0.6 is 27.3 Å². The Bertz CT molecular complexity index is 414. The van der Waals surface area contributed by atoms with E-state index >= 15 is 0 Å². The predicted molar refractivity (Wildman–Crippen MR) is 67.8 cm³/mol. The van der Waals surface area contributed by atoms with Gasteiger partial charge in [-0.15, -0.1) is 11.3 Å². The minimum atomic E-state index is -3.05. The minimum Gasteiger partial charge on any atom is -0.330 e. The van der Waals surface area contributed by atoms with Gasteiger partial charge in [0, 0.05) is 14.7 Å². The van der Waals surface area contributed by atoms with Gasteiger partial charge in [0.2, 0.25) is 0 Å². The molecule has 1 unspecified atom stereocenters. The van der Waals surface area contributed by atoms with Gasteiger partial charge in [-0.05, 0) is 41.9 Å². The summed E-state index contributed by atoms with van der Waals surface area (Å²) < 4.78 is 24.6. The number of sulfone groups is 1. The number of rotatable bonds is 5. The van der Waals surface area contributed by atoms with Crippen LogP contribution in [-0.2, 0) is 15.6 Å². The van der Waals surface area contributed by atoms with Crippen molar-refractivity contribution in [2.75, 3.05) is 6.54 Å². The highest BCUT2D eigenvalue weighted by atomic mass is 79.9. The second-order valence-corrected chi connectivity index (χ2v) is 7.76. The van der Waals surface area contributed by atoms with Gasteiger partial charge in [-0.2, -0.15) is 0 Å². The monoisotopic (exact) mass is 311 g/mol. The molecule has 2 N–H and O–H groups in total. The van der Waals surface area contributed by atoms with Gasteiger partial charge in [0.1, 0.15) is 0 Å². The van der Waals surface area contributed by atoms with Crippen LogP contribution in [0.5, 0.6) is 0 Å². The fourth-order valence-corrected chi connectivity index (χ4v) is 4.44. The van der Waals surface area contributed by atoms with Crippen LogP contribution in [0.1, 0.15) is 18.2 Å². The molecule has 0 saturated carbocycles. The zero-order valence-corrected chi connectivity index (χ0v) is 11.7. The van der Waals surface area contributed by atoms with Crippen molar-refractivity contribution in [1.82, 2.24) is 0 Å². The Morgan fingerprint density at radius 2 is 2.27 bits per heavy atom. The quantitative estimate of drug-likeness (QED) is 0.906.